The molecular formula is C21H23N3O4S. The van der Waals surface area contributed by atoms with Crippen molar-refractivity contribution in [1.29, 1.82) is 0 Å². The van der Waals surface area contributed by atoms with E-state index in [1.54, 1.807) is 54.9 Å². The minimum atomic E-state index is -4.03. The van der Waals surface area contributed by atoms with E-state index < -0.39 is 10.0 Å². The normalized spacial score (nSPS) is 11.4. The minimum absolute atomic E-state index is 0.105. The van der Waals surface area contributed by atoms with Crippen molar-refractivity contribution in [2.45, 2.75) is 24.8 Å². The van der Waals surface area contributed by atoms with Gasteiger partial charge in [-0.1, -0.05) is 12.1 Å². The van der Waals surface area contributed by atoms with E-state index >= 15 is 0 Å². The highest BCUT2D eigenvalue weighted by Gasteiger charge is 2.29. The molecule has 7 nitrogen and oxygen atoms in total. The smallest absolute Gasteiger partial charge is 0.265 e. The van der Waals surface area contributed by atoms with E-state index in [-0.39, 0.29) is 23.4 Å². The summed E-state index contributed by atoms with van der Waals surface area (Å²) in [5.74, 6) is 0.204. The Kier molecular flexibility index (Phi) is 6.03. The fourth-order valence-electron chi connectivity index (χ4n) is 3.00. The number of hydrogen-bond donors (Lipinski definition) is 1. The first-order valence-electron chi connectivity index (χ1n) is 9.12. The molecule has 0 saturated carbocycles. The van der Waals surface area contributed by atoms with Crippen LogP contribution < -0.4 is 14.4 Å². The first kappa shape index (κ1) is 20.6. The minimum Gasteiger partial charge on any atom is -0.497 e. The maximum atomic E-state index is 13.6. The molecule has 0 fully saturated rings. The van der Waals surface area contributed by atoms with Gasteiger partial charge in [0, 0.05) is 29.2 Å². The van der Waals surface area contributed by atoms with Crippen LogP contribution in [0.5, 0.6) is 5.75 Å². The van der Waals surface area contributed by atoms with Gasteiger partial charge in [-0.2, -0.15) is 0 Å². The number of sulfonamides is 1. The predicted molar refractivity (Wildman–Crippen MR) is 113 cm³/mol. The molecule has 3 rings (SSSR count). The summed E-state index contributed by atoms with van der Waals surface area (Å²) in [5, 5.41) is 4.00. The SMILES string of the molecule is COc1ccc(N(CC(=O)NC(C)C)S(=O)(=O)c2cccc3cnccc23)cc1. The molecule has 3 aromatic rings. The lowest BCUT2D eigenvalue weighted by molar-refractivity contribution is -0.120. The molecule has 0 spiro atoms. The van der Waals surface area contributed by atoms with Crippen molar-refractivity contribution in [2.75, 3.05) is 18.0 Å². The van der Waals surface area contributed by atoms with Crippen LogP contribution in [0.1, 0.15) is 13.8 Å². The maximum Gasteiger partial charge on any atom is 0.265 e. The molecule has 152 valence electrons. The molecule has 8 heteroatoms. The number of methoxy groups -OCH3 is 1. The molecule has 1 heterocycles. The highest BCUT2D eigenvalue weighted by molar-refractivity contribution is 7.93. The molecule has 0 unspecified atom stereocenters. The van der Waals surface area contributed by atoms with Gasteiger partial charge in [-0.15, -0.1) is 0 Å². The molecule has 1 N–H and O–H groups in total. The molecule has 29 heavy (non-hydrogen) atoms. The maximum absolute atomic E-state index is 13.6. The lowest BCUT2D eigenvalue weighted by Crippen LogP contribution is -2.43. The number of benzene rings is 2. The van der Waals surface area contributed by atoms with Crippen molar-refractivity contribution in [2.24, 2.45) is 0 Å². The third-order valence-corrected chi connectivity index (χ3v) is 6.14. The van der Waals surface area contributed by atoms with Gasteiger partial charge in [-0.05, 0) is 50.2 Å². The Balaban J connectivity index is 2.11. The number of ether oxygens (including phenoxy) is 1. The van der Waals surface area contributed by atoms with Crippen LogP contribution in [0, 0.1) is 0 Å². The number of hydrogen-bond acceptors (Lipinski definition) is 5. The van der Waals surface area contributed by atoms with Gasteiger partial charge in [0.2, 0.25) is 5.91 Å². The van der Waals surface area contributed by atoms with Crippen molar-refractivity contribution in [3.63, 3.8) is 0 Å². The molecule has 0 saturated heterocycles. The average molecular weight is 413 g/mol. The van der Waals surface area contributed by atoms with E-state index in [0.717, 1.165) is 4.31 Å². The lowest BCUT2D eigenvalue weighted by atomic mass is 10.2. The Hall–Kier alpha value is -3.13. The molecule has 0 aliphatic rings. The van der Waals surface area contributed by atoms with Crippen LogP contribution in [-0.2, 0) is 14.8 Å². The Morgan fingerprint density at radius 1 is 1.14 bits per heavy atom. The summed E-state index contributed by atoms with van der Waals surface area (Å²) >= 11 is 0. The van der Waals surface area contributed by atoms with Crippen LogP contribution in [-0.4, -0.2) is 39.0 Å². The van der Waals surface area contributed by atoms with Crippen LogP contribution in [0.25, 0.3) is 10.8 Å². The number of fused-ring (bicyclic) bond motifs is 1. The number of nitrogens with zero attached hydrogens (tertiary/aromatic N) is 2. The Morgan fingerprint density at radius 2 is 1.86 bits per heavy atom. The summed E-state index contributed by atoms with van der Waals surface area (Å²) in [5.41, 5.74) is 0.371. The van der Waals surface area contributed by atoms with Crippen molar-refractivity contribution < 1.29 is 17.9 Å². The lowest BCUT2D eigenvalue weighted by Gasteiger charge is -2.25. The van der Waals surface area contributed by atoms with Crippen LogP contribution in [0.15, 0.2) is 65.8 Å². The van der Waals surface area contributed by atoms with Gasteiger partial charge in [0.15, 0.2) is 0 Å². The average Bonchev–Trinajstić information content (AvgIpc) is 2.71. The van der Waals surface area contributed by atoms with Crippen LogP contribution in [0.3, 0.4) is 0 Å². The van der Waals surface area contributed by atoms with Crippen LogP contribution >= 0.6 is 0 Å². The van der Waals surface area contributed by atoms with Gasteiger partial charge in [0.25, 0.3) is 10.0 Å². The van der Waals surface area contributed by atoms with E-state index in [1.807, 2.05) is 13.8 Å². The second kappa shape index (κ2) is 8.48. The monoisotopic (exact) mass is 413 g/mol. The molecule has 0 aliphatic carbocycles. The fraction of sp³-hybridized carbons (Fsp3) is 0.238. The molecule has 0 aliphatic heterocycles. The molecule has 0 radical (unpaired) electrons. The first-order valence-corrected chi connectivity index (χ1v) is 10.6. The number of aromatic nitrogens is 1. The number of carbonyl (C=O) groups excluding carboxylic acids is 1. The second-order valence-electron chi connectivity index (χ2n) is 6.78. The number of amides is 1. The fourth-order valence-corrected chi connectivity index (χ4v) is 4.64. The first-order chi connectivity index (χ1) is 13.8. The molecular weight excluding hydrogens is 390 g/mol. The summed E-state index contributed by atoms with van der Waals surface area (Å²) in [6.45, 7) is 3.30. The Labute approximate surface area is 170 Å². The summed E-state index contributed by atoms with van der Waals surface area (Å²) in [6, 6.07) is 13.1. The van der Waals surface area contributed by atoms with Gasteiger partial charge < -0.3 is 10.1 Å². The Morgan fingerprint density at radius 3 is 2.52 bits per heavy atom. The number of anilines is 1. The highest BCUT2D eigenvalue weighted by Crippen LogP contribution is 2.29. The summed E-state index contributed by atoms with van der Waals surface area (Å²) in [7, 11) is -2.50. The second-order valence-corrected chi connectivity index (χ2v) is 8.62. The molecule has 0 bridgehead atoms. The largest absolute Gasteiger partial charge is 0.497 e. The van der Waals surface area contributed by atoms with Gasteiger partial charge in [-0.25, -0.2) is 8.42 Å². The summed E-state index contributed by atoms with van der Waals surface area (Å²) in [6.07, 6.45) is 3.15. The van der Waals surface area contributed by atoms with Gasteiger partial charge in [0.1, 0.15) is 12.3 Å². The molecule has 1 aromatic heterocycles. The van der Waals surface area contributed by atoms with Crippen molar-refractivity contribution in [3.05, 3.63) is 60.9 Å². The molecule has 1 amide bonds. The highest BCUT2D eigenvalue weighted by atomic mass is 32.2. The Bertz CT molecular complexity index is 1110. The van der Waals surface area contributed by atoms with E-state index in [0.29, 0.717) is 22.2 Å². The summed E-state index contributed by atoms with van der Waals surface area (Å²) in [4.78, 5) is 16.6. The van der Waals surface area contributed by atoms with E-state index in [1.165, 1.54) is 13.2 Å². The zero-order chi connectivity index (χ0) is 21.0. The number of nitrogens with one attached hydrogen (secondary N) is 1. The zero-order valence-electron chi connectivity index (χ0n) is 16.5. The van der Waals surface area contributed by atoms with Crippen molar-refractivity contribution in [1.82, 2.24) is 10.3 Å². The van der Waals surface area contributed by atoms with Gasteiger partial charge >= 0.3 is 0 Å². The number of rotatable bonds is 7. The van der Waals surface area contributed by atoms with Crippen LogP contribution in [0.4, 0.5) is 5.69 Å². The molecule has 0 atom stereocenters. The number of carbonyl (C=O) groups is 1. The number of pyridine rings is 1. The quantitative estimate of drug-likeness (QED) is 0.643. The van der Waals surface area contributed by atoms with E-state index in [9.17, 15) is 13.2 Å². The third-order valence-electron chi connectivity index (χ3n) is 4.31. The van der Waals surface area contributed by atoms with E-state index in [4.69, 9.17) is 4.74 Å². The van der Waals surface area contributed by atoms with Crippen LogP contribution in [0.2, 0.25) is 0 Å². The van der Waals surface area contributed by atoms with Crippen molar-refractivity contribution in [3.8, 4) is 5.75 Å². The topological polar surface area (TPSA) is 88.6 Å². The molecule has 2 aromatic carbocycles. The predicted octanol–water partition coefficient (Wildman–Crippen LogP) is 2.96. The third kappa shape index (κ3) is 4.48. The summed E-state index contributed by atoms with van der Waals surface area (Å²) < 4.78 is 33.5. The standard InChI is InChI=1S/C21H23N3O4S/c1-15(2)23-21(25)14-24(17-7-9-18(28-3)10-8-17)29(26,27)20-6-4-5-16-13-22-12-11-19(16)20/h4-13,15H,14H2,1-3H3,(H,23,25). The van der Waals surface area contributed by atoms with Gasteiger partial charge in [-0.3, -0.25) is 14.1 Å². The van der Waals surface area contributed by atoms with Gasteiger partial charge in [0.05, 0.1) is 17.7 Å². The van der Waals surface area contributed by atoms with Crippen molar-refractivity contribution >= 4 is 32.4 Å². The zero-order valence-corrected chi connectivity index (χ0v) is 17.3. The van der Waals surface area contributed by atoms with E-state index in [2.05, 4.69) is 10.3 Å².